The average molecular weight is 646 g/mol. The standard InChI is InChI=1S/C23H29F6N7O4S2/c1-13(2)18-19(37)31-5-6-34(18)11-15-12-35(42(39,40)17-4-3-16(30)41-17)7-8-36(15)20-32-9-14(10-33-20)21(38,22(24,25)26)23(27,28)29/h3-4,9-10,13,15,18,38H,5-8,11-12,30H2,1-2H3,(H,31,37)/t15-,18?/m0/s1. The molecule has 0 saturated carbocycles. The number of halogens is 6. The van der Waals surface area contributed by atoms with Crippen LogP contribution < -0.4 is 16.0 Å². The van der Waals surface area contributed by atoms with Crippen LogP contribution in [0.15, 0.2) is 28.7 Å². The Morgan fingerprint density at radius 2 is 1.71 bits per heavy atom. The highest BCUT2D eigenvalue weighted by atomic mass is 32.2. The van der Waals surface area contributed by atoms with Crippen LogP contribution in [0.3, 0.4) is 0 Å². The van der Waals surface area contributed by atoms with Gasteiger partial charge in [-0.25, -0.2) is 18.4 Å². The Kier molecular flexibility index (Phi) is 8.73. The number of carbonyl (C=O) groups excluding carboxylic acids is 1. The van der Waals surface area contributed by atoms with Gasteiger partial charge in [-0.1, -0.05) is 13.8 Å². The summed E-state index contributed by atoms with van der Waals surface area (Å²) in [7, 11) is -4.00. The maximum atomic E-state index is 13.4. The van der Waals surface area contributed by atoms with Gasteiger partial charge in [0.2, 0.25) is 11.9 Å². The summed E-state index contributed by atoms with van der Waals surface area (Å²) in [5.74, 6) is -0.624. The van der Waals surface area contributed by atoms with Crippen molar-refractivity contribution in [3.05, 3.63) is 30.1 Å². The zero-order valence-corrected chi connectivity index (χ0v) is 24.0. The van der Waals surface area contributed by atoms with E-state index < -0.39 is 45.6 Å². The molecule has 2 saturated heterocycles. The fraction of sp³-hybridized carbons (Fsp3) is 0.609. The number of anilines is 2. The maximum absolute atomic E-state index is 13.4. The number of rotatable bonds is 7. The van der Waals surface area contributed by atoms with Gasteiger partial charge in [-0.05, 0) is 18.1 Å². The van der Waals surface area contributed by atoms with E-state index in [2.05, 4.69) is 15.3 Å². The number of amides is 1. The first-order valence-corrected chi connectivity index (χ1v) is 15.0. The molecule has 0 aromatic carbocycles. The second kappa shape index (κ2) is 11.4. The van der Waals surface area contributed by atoms with Crippen molar-refractivity contribution in [2.75, 3.05) is 49.9 Å². The highest BCUT2D eigenvalue weighted by Crippen LogP contribution is 2.49. The summed E-state index contributed by atoms with van der Waals surface area (Å²) in [5.41, 5.74) is -1.10. The van der Waals surface area contributed by atoms with E-state index in [1.165, 1.54) is 21.3 Å². The average Bonchev–Trinajstić information content (AvgIpc) is 3.34. The predicted octanol–water partition coefficient (Wildman–Crippen LogP) is 1.77. The van der Waals surface area contributed by atoms with Gasteiger partial charge in [0.05, 0.1) is 17.1 Å². The fourth-order valence-electron chi connectivity index (χ4n) is 5.14. The number of aromatic nitrogens is 2. The van der Waals surface area contributed by atoms with Gasteiger partial charge in [0, 0.05) is 57.2 Å². The topological polar surface area (TPSA) is 145 Å². The van der Waals surface area contributed by atoms with Crippen LogP contribution in [0.5, 0.6) is 0 Å². The maximum Gasteiger partial charge on any atom is 0.430 e. The minimum absolute atomic E-state index is 0.00352. The number of hydrogen-bond acceptors (Lipinski definition) is 10. The molecule has 4 heterocycles. The molecular formula is C23H29F6N7O4S2. The molecule has 4 N–H and O–H groups in total. The van der Waals surface area contributed by atoms with Gasteiger partial charge in [0.1, 0.15) is 4.21 Å². The third-order valence-electron chi connectivity index (χ3n) is 7.21. The molecule has 0 bridgehead atoms. The third-order valence-corrected chi connectivity index (χ3v) is 10.5. The second-order valence-electron chi connectivity index (χ2n) is 10.3. The number of nitrogen functional groups attached to an aromatic ring is 1. The predicted molar refractivity (Wildman–Crippen MR) is 140 cm³/mol. The first-order chi connectivity index (χ1) is 19.4. The number of nitrogens with two attached hydrogens (primary N) is 1. The lowest BCUT2D eigenvalue weighted by Gasteiger charge is -2.45. The summed E-state index contributed by atoms with van der Waals surface area (Å²) < 4.78 is 108. The molecule has 0 aliphatic carbocycles. The van der Waals surface area contributed by atoms with E-state index >= 15 is 0 Å². The zero-order valence-electron chi connectivity index (χ0n) is 22.4. The van der Waals surface area contributed by atoms with Crippen molar-refractivity contribution in [1.82, 2.24) is 24.5 Å². The molecule has 2 aliphatic rings. The van der Waals surface area contributed by atoms with Crippen molar-refractivity contribution in [3.8, 4) is 0 Å². The second-order valence-corrected chi connectivity index (χ2v) is 13.6. The van der Waals surface area contributed by atoms with Crippen LogP contribution in [0, 0.1) is 5.92 Å². The monoisotopic (exact) mass is 645 g/mol. The Morgan fingerprint density at radius 1 is 1.10 bits per heavy atom. The third kappa shape index (κ3) is 5.88. The highest BCUT2D eigenvalue weighted by molar-refractivity contribution is 7.91. The molecule has 234 valence electrons. The van der Waals surface area contributed by atoms with Crippen molar-refractivity contribution >= 4 is 38.2 Å². The van der Waals surface area contributed by atoms with Crippen LogP contribution in [0.1, 0.15) is 19.4 Å². The van der Waals surface area contributed by atoms with Crippen molar-refractivity contribution in [3.63, 3.8) is 0 Å². The zero-order chi connectivity index (χ0) is 31.3. The minimum atomic E-state index is -6.11. The quantitative estimate of drug-likeness (QED) is 0.384. The van der Waals surface area contributed by atoms with Crippen LogP contribution in [0.2, 0.25) is 0 Å². The summed E-state index contributed by atoms with van der Waals surface area (Å²) in [6.07, 6.45) is -11.7. The Balaban J connectivity index is 1.69. The lowest BCUT2D eigenvalue weighted by Crippen LogP contribution is -2.64. The molecule has 42 heavy (non-hydrogen) atoms. The van der Waals surface area contributed by atoms with E-state index in [-0.39, 0.29) is 65.6 Å². The number of thiophene rings is 1. The first-order valence-electron chi connectivity index (χ1n) is 12.7. The highest BCUT2D eigenvalue weighted by Gasteiger charge is 2.71. The molecule has 11 nitrogen and oxygen atoms in total. The van der Waals surface area contributed by atoms with E-state index in [4.69, 9.17) is 5.73 Å². The molecule has 2 aromatic rings. The van der Waals surface area contributed by atoms with Gasteiger partial charge in [-0.15, -0.1) is 11.3 Å². The van der Waals surface area contributed by atoms with Crippen molar-refractivity contribution in [2.24, 2.45) is 5.92 Å². The van der Waals surface area contributed by atoms with Gasteiger partial charge < -0.3 is 21.1 Å². The van der Waals surface area contributed by atoms with Crippen LogP contribution in [-0.2, 0) is 20.4 Å². The Morgan fingerprint density at radius 3 is 2.24 bits per heavy atom. The lowest BCUT2D eigenvalue weighted by atomic mass is 9.95. The summed E-state index contributed by atoms with van der Waals surface area (Å²) in [6.45, 7) is 4.19. The molecule has 19 heteroatoms. The lowest BCUT2D eigenvalue weighted by molar-refractivity contribution is -0.376. The summed E-state index contributed by atoms with van der Waals surface area (Å²) in [5, 5.41) is 12.8. The van der Waals surface area contributed by atoms with E-state index in [0.29, 0.717) is 13.1 Å². The summed E-state index contributed by atoms with van der Waals surface area (Å²) in [4.78, 5) is 23.4. The number of nitrogens with one attached hydrogen (secondary N) is 1. The number of alkyl halides is 6. The molecule has 1 amide bonds. The number of aliphatic hydroxyl groups is 1. The first kappa shape index (κ1) is 32.2. The molecule has 1 unspecified atom stereocenters. The Bertz CT molecular complexity index is 1370. The molecular weight excluding hydrogens is 616 g/mol. The van der Waals surface area contributed by atoms with Crippen LogP contribution >= 0.6 is 11.3 Å². The minimum Gasteiger partial charge on any atom is -0.391 e. The fourth-order valence-corrected chi connectivity index (χ4v) is 7.86. The van der Waals surface area contributed by atoms with Gasteiger partial charge in [0.25, 0.3) is 15.6 Å². The Hall–Kier alpha value is -2.74. The van der Waals surface area contributed by atoms with Crippen LogP contribution in [0.4, 0.5) is 37.3 Å². The molecule has 0 radical (unpaired) electrons. The molecule has 2 aromatic heterocycles. The van der Waals surface area contributed by atoms with Crippen LogP contribution in [0.25, 0.3) is 0 Å². The van der Waals surface area contributed by atoms with Crippen molar-refractivity contribution in [1.29, 1.82) is 0 Å². The number of piperazine rings is 2. The molecule has 4 rings (SSSR count). The number of nitrogens with zero attached hydrogens (tertiary/aromatic N) is 5. The number of carbonyl (C=O) groups is 1. The van der Waals surface area contributed by atoms with E-state index in [9.17, 15) is 44.7 Å². The molecule has 2 fully saturated rings. The van der Waals surface area contributed by atoms with Gasteiger partial charge in [-0.3, -0.25) is 9.69 Å². The molecule has 0 spiro atoms. The van der Waals surface area contributed by atoms with Crippen molar-refractivity contribution in [2.45, 2.75) is 48.1 Å². The van der Waals surface area contributed by atoms with Gasteiger partial charge >= 0.3 is 12.4 Å². The molecule has 2 atom stereocenters. The number of sulfonamides is 1. The largest absolute Gasteiger partial charge is 0.430 e. The summed E-state index contributed by atoms with van der Waals surface area (Å²) in [6, 6.07) is 1.49. The summed E-state index contributed by atoms with van der Waals surface area (Å²) >= 11 is 0.874. The van der Waals surface area contributed by atoms with Crippen LogP contribution in [-0.4, -0.2) is 102 Å². The normalized spacial score (nSPS) is 22.0. The van der Waals surface area contributed by atoms with E-state index in [0.717, 1.165) is 11.3 Å². The van der Waals surface area contributed by atoms with Crippen molar-refractivity contribution < 1.29 is 44.7 Å². The molecule has 2 aliphatic heterocycles. The number of hydrogen-bond donors (Lipinski definition) is 3. The SMILES string of the molecule is CC(C)C1C(=O)NCCN1C[C@H]1CN(S(=O)(=O)c2ccc(N)s2)CCN1c1ncc(C(O)(C(F)(F)F)C(F)(F)F)cn1. The van der Waals surface area contributed by atoms with E-state index in [1.54, 1.807) is 0 Å². The van der Waals surface area contributed by atoms with Gasteiger partial charge in [-0.2, -0.15) is 30.6 Å². The van der Waals surface area contributed by atoms with E-state index in [1.807, 2.05) is 18.7 Å². The Labute approximate surface area is 241 Å². The smallest absolute Gasteiger partial charge is 0.391 e. The van der Waals surface area contributed by atoms with Gasteiger partial charge in [0.15, 0.2) is 0 Å².